The number of hydrogen-bond donors (Lipinski definition) is 2. The Balaban J connectivity index is 2.88. The molecule has 0 radical (unpaired) electrons. The Morgan fingerprint density at radius 3 is 2.50 bits per heavy atom. The molecule has 0 aliphatic rings. The van der Waals surface area contributed by atoms with Crippen LogP contribution < -0.4 is 11.5 Å². The van der Waals surface area contributed by atoms with E-state index in [4.69, 9.17) is 11.5 Å². The van der Waals surface area contributed by atoms with Crippen molar-refractivity contribution in [3.05, 3.63) is 34.3 Å². The molecular formula is C9H13BrN2. The molecule has 66 valence electrons. The molecule has 1 aromatic rings. The summed E-state index contributed by atoms with van der Waals surface area (Å²) in [4.78, 5) is 0. The van der Waals surface area contributed by atoms with Crippen molar-refractivity contribution in [2.45, 2.75) is 19.0 Å². The number of nitrogens with two attached hydrogens (primary N) is 2. The predicted octanol–water partition coefficient (Wildman–Crippen LogP) is 1.80. The fourth-order valence-electron chi connectivity index (χ4n) is 1.02. The third-order valence-electron chi connectivity index (χ3n) is 1.80. The molecule has 0 spiro atoms. The molecule has 1 aromatic carbocycles. The van der Waals surface area contributed by atoms with Gasteiger partial charge < -0.3 is 11.5 Å². The smallest absolute Gasteiger partial charge is 0.0446 e. The first-order valence-electron chi connectivity index (χ1n) is 3.88. The molecule has 0 saturated heterocycles. The Kier molecular flexibility index (Phi) is 3.26. The van der Waals surface area contributed by atoms with Crippen molar-refractivity contribution in [1.82, 2.24) is 0 Å². The van der Waals surface area contributed by atoms with Gasteiger partial charge in [-0.3, -0.25) is 0 Å². The predicted molar refractivity (Wildman–Crippen MR) is 54.7 cm³/mol. The highest BCUT2D eigenvalue weighted by atomic mass is 79.9. The minimum Gasteiger partial charge on any atom is -0.326 e. The van der Waals surface area contributed by atoms with Crippen molar-refractivity contribution < 1.29 is 0 Å². The Bertz CT molecular complexity index is 260. The molecule has 0 saturated carbocycles. The lowest BCUT2D eigenvalue weighted by molar-refractivity contribution is 0.589. The molecule has 0 unspecified atom stereocenters. The van der Waals surface area contributed by atoms with Gasteiger partial charge in [-0.1, -0.05) is 28.1 Å². The summed E-state index contributed by atoms with van der Waals surface area (Å²) in [5.41, 5.74) is 12.6. The van der Waals surface area contributed by atoms with Crippen LogP contribution in [0.5, 0.6) is 0 Å². The van der Waals surface area contributed by atoms with E-state index < -0.39 is 0 Å². The van der Waals surface area contributed by atoms with Crippen molar-refractivity contribution in [3.8, 4) is 0 Å². The van der Waals surface area contributed by atoms with Gasteiger partial charge in [0.05, 0.1) is 0 Å². The van der Waals surface area contributed by atoms with E-state index in [-0.39, 0.29) is 12.1 Å². The lowest BCUT2D eigenvalue weighted by Crippen LogP contribution is -2.30. The normalized spacial score (nSPS) is 15.7. The molecule has 0 aliphatic heterocycles. The van der Waals surface area contributed by atoms with E-state index in [0.717, 1.165) is 10.0 Å². The van der Waals surface area contributed by atoms with Crippen molar-refractivity contribution in [3.63, 3.8) is 0 Å². The van der Waals surface area contributed by atoms with Gasteiger partial charge in [-0.15, -0.1) is 0 Å². The molecule has 0 fully saturated rings. The van der Waals surface area contributed by atoms with Gasteiger partial charge in [0.15, 0.2) is 0 Å². The topological polar surface area (TPSA) is 52.0 Å². The van der Waals surface area contributed by atoms with Crippen LogP contribution in [0.3, 0.4) is 0 Å². The van der Waals surface area contributed by atoms with Crippen LogP contribution in [0.2, 0.25) is 0 Å². The first kappa shape index (κ1) is 9.71. The second kappa shape index (κ2) is 4.03. The van der Waals surface area contributed by atoms with Gasteiger partial charge in [-0.2, -0.15) is 0 Å². The van der Waals surface area contributed by atoms with Crippen LogP contribution in [0, 0.1) is 0 Å². The van der Waals surface area contributed by atoms with Crippen LogP contribution >= 0.6 is 15.9 Å². The molecule has 0 aromatic heterocycles. The van der Waals surface area contributed by atoms with Crippen molar-refractivity contribution in [2.24, 2.45) is 11.5 Å². The minimum atomic E-state index is -0.0810. The Labute approximate surface area is 81.1 Å². The van der Waals surface area contributed by atoms with Crippen molar-refractivity contribution >= 4 is 15.9 Å². The molecule has 0 amide bonds. The maximum Gasteiger partial charge on any atom is 0.0446 e. The summed E-state index contributed by atoms with van der Waals surface area (Å²) in [6.45, 7) is 1.91. The molecule has 12 heavy (non-hydrogen) atoms. The van der Waals surface area contributed by atoms with E-state index in [0.29, 0.717) is 0 Å². The molecule has 0 bridgehead atoms. The Morgan fingerprint density at radius 2 is 2.00 bits per heavy atom. The highest BCUT2D eigenvalue weighted by molar-refractivity contribution is 9.10. The zero-order valence-corrected chi connectivity index (χ0v) is 8.58. The lowest BCUT2D eigenvalue weighted by Gasteiger charge is -2.15. The Hall–Kier alpha value is -0.380. The number of hydrogen-bond acceptors (Lipinski definition) is 2. The van der Waals surface area contributed by atoms with E-state index in [1.54, 1.807) is 0 Å². The molecule has 0 heterocycles. The van der Waals surface area contributed by atoms with Gasteiger partial charge >= 0.3 is 0 Å². The van der Waals surface area contributed by atoms with E-state index in [1.807, 2.05) is 31.2 Å². The van der Waals surface area contributed by atoms with Crippen LogP contribution in [0.1, 0.15) is 18.5 Å². The second-order valence-corrected chi connectivity index (χ2v) is 3.86. The van der Waals surface area contributed by atoms with Gasteiger partial charge in [-0.05, 0) is 24.6 Å². The van der Waals surface area contributed by atoms with Gasteiger partial charge in [0.2, 0.25) is 0 Å². The Morgan fingerprint density at radius 1 is 1.33 bits per heavy atom. The SMILES string of the molecule is C[C@H](N)[C@@H](N)c1cccc(Br)c1. The standard InChI is InChI=1S/C9H13BrN2/c1-6(11)9(12)7-3-2-4-8(10)5-7/h2-6,9H,11-12H2,1H3/t6-,9+/m0/s1. The van der Waals surface area contributed by atoms with Crippen LogP contribution in [-0.2, 0) is 0 Å². The first-order chi connectivity index (χ1) is 5.61. The fourth-order valence-corrected chi connectivity index (χ4v) is 1.43. The monoisotopic (exact) mass is 228 g/mol. The van der Waals surface area contributed by atoms with Gasteiger partial charge in [-0.25, -0.2) is 0 Å². The summed E-state index contributed by atoms with van der Waals surface area (Å²) < 4.78 is 1.04. The zero-order chi connectivity index (χ0) is 9.14. The summed E-state index contributed by atoms with van der Waals surface area (Å²) in [6.07, 6.45) is 0. The van der Waals surface area contributed by atoms with E-state index in [9.17, 15) is 0 Å². The van der Waals surface area contributed by atoms with Crippen LogP contribution in [-0.4, -0.2) is 6.04 Å². The maximum atomic E-state index is 5.86. The van der Waals surface area contributed by atoms with Gasteiger partial charge in [0.1, 0.15) is 0 Å². The summed E-state index contributed by atoms with van der Waals surface area (Å²) in [5.74, 6) is 0. The number of rotatable bonds is 2. The second-order valence-electron chi connectivity index (χ2n) is 2.94. The molecule has 1 rings (SSSR count). The molecule has 2 atom stereocenters. The van der Waals surface area contributed by atoms with Crippen LogP contribution in [0.15, 0.2) is 28.7 Å². The summed E-state index contributed by atoms with van der Waals surface area (Å²) >= 11 is 3.38. The van der Waals surface area contributed by atoms with E-state index >= 15 is 0 Å². The van der Waals surface area contributed by atoms with E-state index in [1.165, 1.54) is 0 Å². The average molecular weight is 229 g/mol. The van der Waals surface area contributed by atoms with Gasteiger partial charge in [0, 0.05) is 16.6 Å². The summed E-state index contributed by atoms with van der Waals surface area (Å²) in [6, 6.07) is 7.81. The summed E-state index contributed by atoms with van der Waals surface area (Å²) in [5, 5.41) is 0. The molecule has 4 N–H and O–H groups in total. The molecule has 0 aliphatic carbocycles. The number of benzene rings is 1. The number of halogens is 1. The van der Waals surface area contributed by atoms with Crippen LogP contribution in [0.25, 0.3) is 0 Å². The highest BCUT2D eigenvalue weighted by Gasteiger charge is 2.09. The molecule has 2 nitrogen and oxygen atoms in total. The quantitative estimate of drug-likeness (QED) is 0.812. The first-order valence-corrected chi connectivity index (χ1v) is 4.67. The minimum absolute atomic E-state index is 0.0145. The third kappa shape index (κ3) is 2.30. The zero-order valence-electron chi connectivity index (χ0n) is 7.00. The maximum absolute atomic E-state index is 5.86. The van der Waals surface area contributed by atoms with Crippen molar-refractivity contribution in [1.29, 1.82) is 0 Å². The fraction of sp³-hybridized carbons (Fsp3) is 0.333. The molecular weight excluding hydrogens is 216 g/mol. The molecule has 3 heteroatoms. The third-order valence-corrected chi connectivity index (χ3v) is 2.29. The average Bonchev–Trinajstić information content (AvgIpc) is 2.03. The summed E-state index contributed by atoms with van der Waals surface area (Å²) in [7, 11) is 0. The highest BCUT2D eigenvalue weighted by Crippen LogP contribution is 2.17. The lowest BCUT2D eigenvalue weighted by atomic mass is 10.0. The van der Waals surface area contributed by atoms with Gasteiger partial charge in [0.25, 0.3) is 0 Å². The van der Waals surface area contributed by atoms with E-state index in [2.05, 4.69) is 15.9 Å². The largest absolute Gasteiger partial charge is 0.326 e. The van der Waals surface area contributed by atoms with Crippen LogP contribution in [0.4, 0.5) is 0 Å². The van der Waals surface area contributed by atoms with Crippen molar-refractivity contribution in [2.75, 3.05) is 0 Å².